The largest absolute Gasteiger partial charge is 0.495 e. The van der Waals surface area contributed by atoms with Gasteiger partial charge in [-0.1, -0.05) is 18.6 Å². The topological polar surface area (TPSA) is 81.1 Å². The number of benzene rings is 1. The third kappa shape index (κ3) is 3.61. The standard InChI is InChI=1S/C16H21N5O2/c1-23-13-8-5-4-7-12(13)18-16(22)17-11-15-20-19-14-9-3-2-6-10-21(14)15/h4-5,7-8H,2-3,6,9-11H2,1H3,(H2,17,18,22). The number of para-hydroxylation sites is 2. The fourth-order valence-electron chi connectivity index (χ4n) is 2.75. The Morgan fingerprint density at radius 2 is 2.13 bits per heavy atom. The Morgan fingerprint density at radius 3 is 3.00 bits per heavy atom. The summed E-state index contributed by atoms with van der Waals surface area (Å²) in [5.41, 5.74) is 0.632. The fourth-order valence-corrected chi connectivity index (χ4v) is 2.75. The van der Waals surface area contributed by atoms with Crippen LogP contribution in [-0.2, 0) is 19.5 Å². The number of carbonyl (C=O) groups is 1. The summed E-state index contributed by atoms with van der Waals surface area (Å²) in [6.07, 6.45) is 4.45. The molecule has 0 saturated carbocycles. The molecule has 2 aromatic rings. The maximum atomic E-state index is 12.1. The molecule has 1 aliphatic heterocycles. The number of methoxy groups -OCH3 is 1. The molecule has 1 aromatic carbocycles. The monoisotopic (exact) mass is 315 g/mol. The van der Waals surface area contributed by atoms with Crippen LogP contribution in [-0.4, -0.2) is 27.9 Å². The molecule has 23 heavy (non-hydrogen) atoms. The number of aromatic nitrogens is 3. The number of aryl methyl sites for hydroxylation is 1. The van der Waals surface area contributed by atoms with Crippen LogP contribution in [0, 0.1) is 0 Å². The van der Waals surface area contributed by atoms with Crippen LogP contribution in [0.25, 0.3) is 0 Å². The number of nitrogens with one attached hydrogen (secondary N) is 2. The Bertz CT molecular complexity index is 683. The van der Waals surface area contributed by atoms with E-state index in [4.69, 9.17) is 4.74 Å². The van der Waals surface area contributed by atoms with Crippen molar-refractivity contribution in [1.82, 2.24) is 20.1 Å². The molecule has 7 heteroatoms. The van der Waals surface area contributed by atoms with Gasteiger partial charge in [-0.05, 0) is 25.0 Å². The van der Waals surface area contributed by atoms with Crippen LogP contribution >= 0.6 is 0 Å². The van der Waals surface area contributed by atoms with Crippen molar-refractivity contribution in [2.45, 2.75) is 38.8 Å². The molecule has 2 amide bonds. The van der Waals surface area contributed by atoms with E-state index in [9.17, 15) is 4.79 Å². The summed E-state index contributed by atoms with van der Waals surface area (Å²) in [4.78, 5) is 12.1. The minimum Gasteiger partial charge on any atom is -0.495 e. The number of nitrogens with zero attached hydrogens (tertiary/aromatic N) is 3. The van der Waals surface area contributed by atoms with E-state index in [1.165, 1.54) is 6.42 Å². The molecule has 2 heterocycles. The molecule has 0 aliphatic carbocycles. The van der Waals surface area contributed by atoms with Gasteiger partial charge in [0.05, 0.1) is 19.3 Å². The summed E-state index contributed by atoms with van der Waals surface area (Å²) in [5.74, 6) is 2.44. The molecular weight excluding hydrogens is 294 g/mol. The van der Waals surface area contributed by atoms with Gasteiger partial charge in [-0.2, -0.15) is 0 Å². The maximum absolute atomic E-state index is 12.1. The Labute approximate surface area is 135 Å². The summed E-state index contributed by atoms with van der Waals surface area (Å²) >= 11 is 0. The summed E-state index contributed by atoms with van der Waals surface area (Å²) in [5, 5.41) is 14.0. The molecule has 122 valence electrons. The molecule has 1 aromatic heterocycles. The molecule has 0 atom stereocenters. The molecule has 0 bridgehead atoms. The Hall–Kier alpha value is -2.57. The van der Waals surface area contributed by atoms with Crippen molar-refractivity contribution in [3.8, 4) is 5.75 Å². The number of carbonyl (C=O) groups excluding carboxylic acids is 1. The van der Waals surface area contributed by atoms with E-state index >= 15 is 0 Å². The zero-order chi connectivity index (χ0) is 16.1. The van der Waals surface area contributed by atoms with Crippen molar-refractivity contribution in [1.29, 1.82) is 0 Å². The first kappa shape index (κ1) is 15.3. The second kappa shape index (κ2) is 7.13. The van der Waals surface area contributed by atoms with Crippen LogP contribution in [0.2, 0.25) is 0 Å². The van der Waals surface area contributed by atoms with E-state index < -0.39 is 0 Å². The van der Waals surface area contributed by atoms with E-state index in [2.05, 4.69) is 25.4 Å². The van der Waals surface area contributed by atoms with Crippen LogP contribution in [0.15, 0.2) is 24.3 Å². The molecule has 1 aliphatic rings. The van der Waals surface area contributed by atoms with Crippen molar-refractivity contribution in [2.75, 3.05) is 12.4 Å². The molecule has 0 fully saturated rings. The number of fused-ring (bicyclic) bond motifs is 1. The van der Waals surface area contributed by atoms with Crippen LogP contribution in [0.3, 0.4) is 0 Å². The number of hydrogen-bond acceptors (Lipinski definition) is 4. The molecule has 0 spiro atoms. The lowest BCUT2D eigenvalue weighted by atomic mass is 10.2. The van der Waals surface area contributed by atoms with Gasteiger partial charge in [-0.25, -0.2) is 4.79 Å². The quantitative estimate of drug-likeness (QED) is 0.907. The van der Waals surface area contributed by atoms with Gasteiger partial charge in [0.15, 0.2) is 5.82 Å². The van der Waals surface area contributed by atoms with Crippen LogP contribution in [0.4, 0.5) is 10.5 Å². The highest BCUT2D eigenvalue weighted by molar-refractivity contribution is 5.90. The van der Waals surface area contributed by atoms with E-state index in [1.807, 2.05) is 12.1 Å². The first-order valence-corrected chi connectivity index (χ1v) is 7.87. The van der Waals surface area contributed by atoms with Gasteiger partial charge in [0.2, 0.25) is 0 Å². The van der Waals surface area contributed by atoms with Gasteiger partial charge >= 0.3 is 6.03 Å². The highest BCUT2D eigenvalue weighted by Gasteiger charge is 2.15. The van der Waals surface area contributed by atoms with Gasteiger partial charge in [0, 0.05) is 13.0 Å². The SMILES string of the molecule is COc1ccccc1NC(=O)NCc1nnc2n1CCCCC2. The van der Waals surface area contributed by atoms with E-state index in [-0.39, 0.29) is 6.03 Å². The van der Waals surface area contributed by atoms with Crippen LogP contribution < -0.4 is 15.4 Å². The normalized spacial score (nSPS) is 13.8. The number of hydrogen-bond donors (Lipinski definition) is 2. The number of amides is 2. The van der Waals surface area contributed by atoms with Crippen LogP contribution in [0.1, 0.15) is 30.9 Å². The summed E-state index contributed by atoms with van der Waals surface area (Å²) in [6.45, 7) is 1.28. The number of urea groups is 1. The van der Waals surface area contributed by atoms with Crippen LogP contribution in [0.5, 0.6) is 5.75 Å². The average molecular weight is 315 g/mol. The second-order valence-corrected chi connectivity index (χ2v) is 5.50. The van der Waals surface area contributed by atoms with Crippen molar-refractivity contribution in [2.24, 2.45) is 0 Å². The van der Waals surface area contributed by atoms with E-state index in [0.29, 0.717) is 18.0 Å². The molecule has 2 N–H and O–H groups in total. The summed E-state index contributed by atoms with van der Waals surface area (Å²) in [6, 6.07) is 7.00. The predicted molar refractivity (Wildman–Crippen MR) is 86.4 cm³/mol. The zero-order valence-electron chi connectivity index (χ0n) is 13.2. The predicted octanol–water partition coefficient (Wildman–Crippen LogP) is 2.33. The Balaban J connectivity index is 1.60. The summed E-state index contributed by atoms with van der Waals surface area (Å²) < 4.78 is 7.34. The van der Waals surface area contributed by atoms with Gasteiger partial charge in [-0.15, -0.1) is 10.2 Å². The third-order valence-corrected chi connectivity index (χ3v) is 3.95. The van der Waals surface area contributed by atoms with Crippen molar-refractivity contribution < 1.29 is 9.53 Å². The Kier molecular flexibility index (Phi) is 4.75. The van der Waals surface area contributed by atoms with E-state index in [1.54, 1.807) is 19.2 Å². The Morgan fingerprint density at radius 1 is 1.26 bits per heavy atom. The second-order valence-electron chi connectivity index (χ2n) is 5.50. The third-order valence-electron chi connectivity index (χ3n) is 3.95. The number of rotatable bonds is 4. The fraction of sp³-hybridized carbons (Fsp3) is 0.438. The number of ether oxygens (including phenoxy) is 1. The van der Waals surface area contributed by atoms with Crippen molar-refractivity contribution in [3.63, 3.8) is 0 Å². The lowest BCUT2D eigenvalue weighted by molar-refractivity contribution is 0.251. The molecule has 0 radical (unpaired) electrons. The lowest BCUT2D eigenvalue weighted by Crippen LogP contribution is -2.29. The van der Waals surface area contributed by atoms with E-state index in [0.717, 1.165) is 37.5 Å². The van der Waals surface area contributed by atoms with Gasteiger partial charge < -0.3 is 19.9 Å². The van der Waals surface area contributed by atoms with Crippen molar-refractivity contribution in [3.05, 3.63) is 35.9 Å². The molecule has 0 unspecified atom stereocenters. The van der Waals surface area contributed by atoms with Crippen molar-refractivity contribution >= 4 is 11.7 Å². The molecule has 0 saturated heterocycles. The smallest absolute Gasteiger partial charge is 0.319 e. The zero-order valence-corrected chi connectivity index (χ0v) is 13.2. The minimum atomic E-state index is -0.291. The minimum absolute atomic E-state index is 0.291. The van der Waals surface area contributed by atoms with Gasteiger partial charge in [-0.3, -0.25) is 0 Å². The molecule has 3 rings (SSSR count). The first-order valence-electron chi connectivity index (χ1n) is 7.87. The molecule has 7 nitrogen and oxygen atoms in total. The molecular formula is C16H21N5O2. The van der Waals surface area contributed by atoms with Gasteiger partial charge in [0.25, 0.3) is 0 Å². The average Bonchev–Trinajstić information content (AvgIpc) is 2.80. The lowest BCUT2D eigenvalue weighted by Gasteiger charge is -2.11. The summed E-state index contributed by atoms with van der Waals surface area (Å²) in [7, 11) is 1.57. The maximum Gasteiger partial charge on any atom is 0.319 e. The highest BCUT2D eigenvalue weighted by atomic mass is 16.5. The first-order chi connectivity index (χ1) is 11.3. The van der Waals surface area contributed by atoms with Gasteiger partial charge in [0.1, 0.15) is 11.6 Å². The number of anilines is 1. The highest BCUT2D eigenvalue weighted by Crippen LogP contribution is 2.22.